The topological polar surface area (TPSA) is 42.2 Å². The largest absolute Gasteiger partial charge is 0.493 e. The van der Waals surface area contributed by atoms with Gasteiger partial charge in [0, 0.05) is 13.2 Å². The Labute approximate surface area is 167 Å². The van der Waals surface area contributed by atoms with Crippen LogP contribution < -0.4 is 5.46 Å². The van der Waals surface area contributed by atoms with E-state index in [9.17, 15) is 0 Å². The van der Waals surface area contributed by atoms with Crippen molar-refractivity contribution in [3.63, 3.8) is 0 Å². The number of nitrogens with zero attached hydrogens (tertiary/aromatic N) is 1. The quantitative estimate of drug-likeness (QED) is 0.249. The van der Waals surface area contributed by atoms with Gasteiger partial charge in [-0.1, -0.05) is 90.2 Å². The Balaban J connectivity index is 2.38. The molecule has 0 aromatic heterocycles. The maximum Gasteiger partial charge on any atom is 0.493 e. The molecule has 1 rings (SSSR count). The number of hydrogen-bond donors (Lipinski definition) is 0. The average molecular weight is 371 g/mol. The molecule has 0 aliphatic heterocycles. The number of unbranched alkanes of at least 4 members (excludes halogenated alkanes) is 10. The first-order valence-electron chi connectivity index (χ1n) is 11.0. The summed E-state index contributed by atoms with van der Waals surface area (Å²) < 4.78 is 12.1. The summed E-state index contributed by atoms with van der Waals surface area (Å²) in [6.45, 7) is 5.91. The highest BCUT2D eigenvalue weighted by Crippen LogP contribution is 2.08. The zero-order valence-corrected chi connectivity index (χ0v) is 17.5. The van der Waals surface area contributed by atoms with Gasteiger partial charge in [-0.2, -0.15) is 5.26 Å². The highest BCUT2D eigenvalue weighted by Gasteiger charge is 2.21. The number of benzene rings is 1. The molecule has 27 heavy (non-hydrogen) atoms. The second-order valence-electron chi connectivity index (χ2n) is 7.35. The van der Waals surface area contributed by atoms with Crippen LogP contribution in [0.5, 0.6) is 0 Å². The molecule has 0 aliphatic rings. The van der Waals surface area contributed by atoms with Crippen molar-refractivity contribution in [1.82, 2.24) is 0 Å². The van der Waals surface area contributed by atoms with Gasteiger partial charge in [0.25, 0.3) is 0 Å². The van der Waals surface area contributed by atoms with E-state index in [0.29, 0.717) is 18.8 Å². The van der Waals surface area contributed by atoms with Crippen LogP contribution in [0.3, 0.4) is 0 Å². The van der Waals surface area contributed by atoms with Crippen molar-refractivity contribution < 1.29 is 9.31 Å². The molecule has 3 nitrogen and oxygen atoms in total. The summed E-state index contributed by atoms with van der Waals surface area (Å²) in [5.74, 6) is 0. The summed E-state index contributed by atoms with van der Waals surface area (Å²) in [6, 6.07) is 9.81. The molecule has 0 fully saturated rings. The van der Waals surface area contributed by atoms with Crippen LogP contribution >= 0.6 is 0 Å². The molecule has 0 saturated heterocycles. The third-order valence-corrected chi connectivity index (χ3v) is 4.82. The smallest absolute Gasteiger partial charge is 0.407 e. The molecule has 0 unspecified atom stereocenters. The molecule has 1 aromatic carbocycles. The lowest BCUT2D eigenvalue weighted by atomic mass is 9.78. The lowest BCUT2D eigenvalue weighted by molar-refractivity contribution is 0.199. The standard InChI is InChI=1S/C23H38BNO2/c1-3-5-7-9-11-13-18-26-24(23-17-15-16-22(20-23)21-25)27-19-14-12-10-8-6-4-2/h15-17,20H,3-14,18-19H2,1-2H3. The Hall–Kier alpha value is -1.31. The van der Waals surface area contributed by atoms with Crippen molar-refractivity contribution in [3.8, 4) is 6.07 Å². The molecule has 0 N–H and O–H groups in total. The Morgan fingerprint density at radius 3 is 1.81 bits per heavy atom. The second kappa shape index (κ2) is 16.8. The molecule has 0 atom stereocenters. The molecule has 0 bridgehead atoms. The zero-order chi connectivity index (χ0) is 19.6. The average Bonchev–Trinajstić information content (AvgIpc) is 2.71. The van der Waals surface area contributed by atoms with E-state index >= 15 is 0 Å². The molecule has 4 heteroatoms. The van der Waals surface area contributed by atoms with Crippen LogP contribution in [0.4, 0.5) is 0 Å². The first-order valence-corrected chi connectivity index (χ1v) is 11.0. The third-order valence-electron chi connectivity index (χ3n) is 4.82. The fourth-order valence-corrected chi connectivity index (χ4v) is 3.14. The SMILES string of the molecule is CCCCCCCCOB(OCCCCCCCC)c1cccc(C#N)c1. The van der Waals surface area contributed by atoms with E-state index in [-0.39, 0.29) is 7.12 Å². The normalized spacial score (nSPS) is 10.7. The Bertz CT molecular complexity index is 497. The van der Waals surface area contributed by atoms with E-state index in [1.165, 1.54) is 64.2 Å². The minimum atomic E-state index is -0.357. The van der Waals surface area contributed by atoms with Gasteiger partial charge in [0.05, 0.1) is 11.6 Å². The van der Waals surface area contributed by atoms with E-state index in [1.54, 1.807) is 0 Å². The Morgan fingerprint density at radius 1 is 0.778 bits per heavy atom. The molecule has 1 aromatic rings. The first kappa shape index (κ1) is 23.7. The van der Waals surface area contributed by atoms with Crippen LogP contribution in [0.2, 0.25) is 0 Å². The monoisotopic (exact) mass is 371 g/mol. The maximum atomic E-state index is 9.15. The number of hydrogen-bond acceptors (Lipinski definition) is 3. The van der Waals surface area contributed by atoms with E-state index < -0.39 is 0 Å². The first-order chi connectivity index (χ1) is 13.3. The third kappa shape index (κ3) is 11.9. The Morgan fingerprint density at radius 2 is 1.30 bits per heavy atom. The fourth-order valence-electron chi connectivity index (χ4n) is 3.14. The van der Waals surface area contributed by atoms with Gasteiger partial charge in [0.15, 0.2) is 0 Å². The predicted molar refractivity (Wildman–Crippen MR) is 115 cm³/mol. The molecular weight excluding hydrogens is 333 g/mol. The highest BCUT2D eigenvalue weighted by atomic mass is 16.6. The highest BCUT2D eigenvalue weighted by molar-refractivity contribution is 6.61. The van der Waals surface area contributed by atoms with Gasteiger partial charge in [0.1, 0.15) is 0 Å². The van der Waals surface area contributed by atoms with Crippen LogP contribution in [0.15, 0.2) is 24.3 Å². The second-order valence-corrected chi connectivity index (χ2v) is 7.35. The van der Waals surface area contributed by atoms with Gasteiger partial charge in [-0.3, -0.25) is 0 Å². The molecule has 0 heterocycles. The molecule has 0 amide bonds. The van der Waals surface area contributed by atoms with Crippen LogP contribution in [-0.4, -0.2) is 20.3 Å². The fraction of sp³-hybridized carbons (Fsp3) is 0.696. The van der Waals surface area contributed by atoms with E-state index in [0.717, 1.165) is 18.3 Å². The predicted octanol–water partition coefficient (Wildman–Crippen LogP) is 6.01. The summed E-state index contributed by atoms with van der Waals surface area (Å²) in [5.41, 5.74) is 1.61. The summed E-state index contributed by atoms with van der Waals surface area (Å²) >= 11 is 0. The van der Waals surface area contributed by atoms with Gasteiger partial charge >= 0.3 is 7.12 Å². The van der Waals surface area contributed by atoms with E-state index in [2.05, 4.69) is 19.9 Å². The molecule has 0 radical (unpaired) electrons. The summed E-state index contributed by atoms with van der Waals surface area (Å²) in [7, 11) is -0.357. The van der Waals surface area contributed by atoms with E-state index in [4.69, 9.17) is 14.6 Å². The zero-order valence-electron chi connectivity index (χ0n) is 17.5. The van der Waals surface area contributed by atoms with Gasteiger partial charge in [0.2, 0.25) is 0 Å². The lowest BCUT2D eigenvalue weighted by Crippen LogP contribution is -2.37. The Kier molecular flexibility index (Phi) is 14.8. The van der Waals surface area contributed by atoms with Crippen molar-refractivity contribution >= 4 is 12.6 Å². The molecule has 0 spiro atoms. The van der Waals surface area contributed by atoms with Crippen molar-refractivity contribution in [1.29, 1.82) is 5.26 Å². The van der Waals surface area contributed by atoms with Crippen LogP contribution in [0.1, 0.15) is 96.5 Å². The minimum absolute atomic E-state index is 0.357. The molecule has 0 aliphatic carbocycles. The van der Waals surface area contributed by atoms with Crippen molar-refractivity contribution in [2.24, 2.45) is 0 Å². The summed E-state index contributed by atoms with van der Waals surface area (Å²) in [4.78, 5) is 0. The van der Waals surface area contributed by atoms with Gasteiger partial charge in [-0.15, -0.1) is 0 Å². The summed E-state index contributed by atoms with van der Waals surface area (Å²) in [5, 5.41) is 9.15. The summed E-state index contributed by atoms with van der Waals surface area (Å²) in [6.07, 6.45) is 15.0. The van der Waals surface area contributed by atoms with E-state index in [1.807, 2.05) is 24.3 Å². The minimum Gasteiger partial charge on any atom is -0.407 e. The lowest BCUT2D eigenvalue weighted by Gasteiger charge is -2.15. The van der Waals surface area contributed by atoms with Crippen LogP contribution in [0.25, 0.3) is 0 Å². The number of rotatable bonds is 17. The van der Waals surface area contributed by atoms with Crippen molar-refractivity contribution in [2.45, 2.75) is 90.9 Å². The van der Waals surface area contributed by atoms with Crippen molar-refractivity contribution in [3.05, 3.63) is 29.8 Å². The van der Waals surface area contributed by atoms with Crippen LogP contribution in [-0.2, 0) is 9.31 Å². The van der Waals surface area contributed by atoms with Gasteiger partial charge in [-0.05, 0) is 30.4 Å². The van der Waals surface area contributed by atoms with Gasteiger partial charge in [-0.25, -0.2) is 0 Å². The van der Waals surface area contributed by atoms with Crippen LogP contribution in [0, 0.1) is 11.3 Å². The molecule has 150 valence electrons. The van der Waals surface area contributed by atoms with Gasteiger partial charge < -0.3 is 9.31 Å². The van der Waals surface area contributed by atoms with Crippen molar-refractivity contribution in [2.75, 3.05) is 13.2 Å². The number of nitriles is 1. The maximum absolute atomic E-state index is 9.15. The molecular formula is C23H38BNO2. The molecule has 0 saturated carbocycles.